The Labute approximate surface area is 272 Å². The molecule has 1 heterocycles. The fraction of sp³-hybridized carbons (Fsp3) is 0.833. The van der Waals surface area contributed by atoms with Crippen molar-refractivity contribution in [3.05, 3.63) is 23.8 Å². The second-order valence-corrected chi connectivity index (χ2v) is 21.4. The number of hydrogen-bond acceptors (Lipinski definition) is 6. The van der Waals surface area contributed by atoms with Crippen LogP contribution in [0.2, 0.25) is 26.2 Å². The quantitative estimate of drug-likeness (QED) is 0.167. The van der Waals surface area contributed by atoms with Crippen molar-refractivity contribution < 1.29 is 27.9 Å². The monoisotopic (exact) mass is 648 g/mol. The fourth-order valence-corrected chi connectivity index (χ4v) is 10.1. The Bertz CT molecular complexity index is 1050. The predicted molar refractivity (Wildman–Crippen MR) is 185 cm³/mol. The van der Waals surface area contributed by atoms with Gasteiger partial charge in [-0.3, -0.25) is 4.79 Å². The van der Waals surface area contributed by atoms with E-state index in [1.165, 1.54) is 5.57 Å². The molecule has 0 amide bonds. The Morgan fingerprint density at radius 2 is 1.59 bits per heavy atom. The maximum Gasteiger partial charge on any atom is 0.334 e. The van der Waals surface area contributed by atoms with Crippen LogP contribution in [0.4, 0.5) is 0 Å². The van der Waals surface area contributed by atoms with Crippen molar-refractivity contribution in [2.75, 3.05) is 0 Å². The Hall–Kier alpha value is -1.23. The Balaban J connectivity index is 2.02. The Morgan fingerprint density at radius 1 is 0.955 bits per heavy atom. The minimum absolute atomic E-state index is 0.0374. The predicted octanol–water partition coefficient (Wildman–Crippen LogP) is 8.01. The zero-order valence-electron chi connectivity index (χ0n) is 30.2. The number of carbonyl (C=O) groups excluding carboxylic acids is 2. The number of ether oxygens (including phenoxy) is 2. The lowest BCUT2D eigenvalue weighted by molar-refractivity contribution is -0.182. The van der Waals surface area contributed by atoms with Crippen molar-refractivity contribution >= 4 is 30.0 Å². The number of carbonyl (C=O) groups is 2. The highest BCUT2D eigenvalue weighted by molar-refractivity contribution is 6.48. The summed E-state index contributed by atoms with van der Waals surface area (Å²) in [7, 11) is -2.95. The van der Waals surface area contributed by atoms with Gasteiger partial charge in [-0.25, -0.2) is 4.79 Å². The molecule has 8 heteroatoms. The van der Waals surface area contributed by atoms with Gasteiger partial charge in [0.15, 0.2) is 18.1 Å². The van der Waals surface area contributed by atoms with Gasteiger partial charge in [0.05, 0.1) is 11.5 Å². The van der Waals surface area contributed by atoms with Crippen LogP contribution in [-0.4, -0.2) is 53.9 Å². The van der Waals surface area contributed by atoms with E-state index >= 15 is 0 Å². The maximum atomic E-state index is 13.5. The molecule has 0 aromatic carbocycles. The SMILES string of the molecule is CCC(CC)C(=O)O[C@H]1C[C@H](C(C)(C)C)C=C2C=CC[C@H]([C@](C)(C[C@H]3C[C@H](C(C)(C)C)C(O[SiH](C)C)C(=O)O3)O[SiH](C)C)[C@H]21. The summed E-state index contributed by atoms with van der Waals surface area (Å²) in [5.74, 6) is 0.128. The molecule has 1 unspecified atom stereocenters. The van der Waals surface area contributed by atoms with Crippen LogP contribution in [-0.2, 0) is 27.9 Å². The molecule has 0 aromatic heterocycles. The molecule has 0 spiro atoms. The van der Waals surface area contributed by atoms with Crippen molar-refractivity contribution in [2.24, 2.45) is 40.4 Å². The average Bonchev–Trinajstić information content (AvgIpc) is 2.88. The van der Waals surface area contributed by atoms with Gasteiger partial charge >= 0.3 is 11.9 Å². The highest BCUT2D eigenvalue weighted by Gasteiger charge is 2.52. The third kappa shape index (κ3) is 8.98. The standard InChI is InChI=1S/C36H64O6Si2/c1-14-23(15-2)32(37)40-29-20-25(34(3,4)5)19-24-17-16-18-27(30(24)29)36(9,42-44(12)13)22-26-21-28(35(6,7)8)31(33(38)39-26)41-43(10)11/h16-17,19,23,25-31,43-44H,14-15,18,20-22H2,1-13H3/t25-,26-,27+,28+,29+,30+,31?,36+/m1/s1. The third-order valence-electron chi connectivity index (χ3n) is 10.3. The van der Waals surface area contributed by atoms with Gasteiger partial charge < -0.3 is 18.3 Å². The van der Waals surface area contributed by atoms with E-state index in [1.54, 1.807) is 0 Å². The lowest BCUT2D eigenvalue weighted by Crippen LogP contribution is -2.55. The smallest absolute Gasteiger partial charge is 0.334 e. The zero-order chi connectivity index (χ0) is 33.2. The van der Waals surface area contributed by atoms with Crippen molar-refractivity contribution in [1.82, 2.24) is 0 Å². The Kier molecular flexibility index (Phi) is 12.4. The lowest BCUT2D eigenvalue weighted by Gasteiger charge is -2.51. The fourth-order valence-electron chi connectivity index (χ4n) is 7.90. The van der Waals surface area contributed by atoms with E-state index in [9.17, 15) is 9.59 Å². The Morgan fingerprint density at radius 3 is 2.11 bits per heavy atom. The van der Waals surface area contributed by atoms with Gasteiger partial charge in [-0.2, -0.15) is 0 Å². The molecule has 0 bridgehead atoms. The summed E-state index contributed by atoms with van der Waals surface area (Å²) < 4.78 is 26.1. The van der Waals surface area contributed by atoms with Crippen molar-refractivity contribution in [3.63, 3.8) is 0 Å². The summed E-state index contributed by atoms with van der Waals surface area (Å²) >= 11 is 0. The zero-order valence-corrected chi connectivity index (χ0v) is 32.5. The number of cyclic esters (lactones) is 1. The van der Waals surface area contributed by atoms with Gasteiger partial charge in [-0.05, 0) is 87.5 Å². The van der Waals surface area contributed by atoms with Gasteiger partial charge in [-0.15, -0.1) is 0 Å². The molecule has 0 saturated carbocycles. The van der Waals surface area contributed by atoms with Crippen LogP contribution in [0, 0.1) is 40.4 Å². The van der Waals surface area contributed by atoms with Crippen LogP contribution in [0.1, 0.15) is 101 Å². The van der Waals surface area contributed by atoms with Crippen LogP contribution in [0.25, 0.3) is 0 Å². The molecule has 1 saturated heterocycles. The largest absolute Gasteiger partial charge is 0.461 e. The van der Waals surface area contributed by atoms with Crippen LogP contribution >= 0.6 is 0 Å². The first-order valence-corrected chi connectivity index (χ1v) is 23.0. The molecular weight excluding hydrogens is 585 g/mol. The number of hydrogen-bond donors (Lipinski definition) is 0. The first-order chi connectivity index (χ1) is 20.3. The van der Waals surface area contributed by atoms with Gasteiger partial charge in [0, 0.05) is 24.2 Å². The molecule has 1 fully saturated rings. The molecule has 6 nitrogen and oxygen atoms in total. The first kappa shape index (κ1) is 37.2. The number of fused-ring (bicyclic) bond motifs is 1. The summed E-state index contributed by atoms with van der Waals surface area (Å²) in [5, 5.41) is 0. The van der Waals surface area contributed by atoms with Gasteiger partial charge in [0.1, 0.15) is 18.3 Å². The highest BCUT2D eigenvalue weighted by Crippen LogP contribution is 2.51. The van der Waals surface area contributed by atoms with Crippen molar-refractivity contribution in [2.45, 2.75) is 151 Å². The molecule has 8 atom stereocenters. The van der Waals surface area contributed by atoms with Crippen molar-refractivity contribution in [1.29, 1.82) is 0 Å². The van der Waals surface area contributed by atoms with Crippen LogP contribution < -0.4 is 0 Å². The maximum absolute atomic E-state index is 13.5. The molecule has 3 aliphatic rings. The second kappa shape index (κ2) is 14.7. The van der Waals surface area contributed by atoms with E-state index in [0.29, 0.717) is 12.3 Å². The van der Waals surface area contributed by atoms with E-state index in [0.717, 1.165) is 32.1 Å². The number of allylic oxidation sites excluding steroid dienone is 3. The lowest BCUT2D eigenvalue weighted by atomic mass is 9.61. The number of rotatable bonds is 11. The van der Waals surface area contributed by atoms with E-state index < -0.39 is 29.8 Å². The van der Waals surface area contributed by atoms with E-state index in [2.05, 4.69) is 107 Å². The molecule has 252 valence electrons. The minimum Gasteiger partial charge on any atom is -0.461 e. The average molecular weight is 649 g/mol. The molecule has 0 radical (unpaired) electrons. The third-order valence-corrected chi connectivity index (χ3v) is 12.2. The molecule has 44 heavy (non-hydrogen) atoms. The van der Waals surface area contributed by atoms with E-state index in [4.69, 9.17) is 18.3 Å². The summed E-state index contributed by atoms with van der Waals surface area (Å²) in [6.45, 7) is 28.5. The van der Waals surface area contributed by atoms with Gasteiger partial charge in [-0.1, -0.05) is 73.6 Å². The minimum atomic E-state index is -1.51. The van der Waals surface area contributed by atoms with Crippen LogP contribution in [0.3, 0.4) is 0 Å². The first-order valence-electron chi connectivity index (χ1n) is 17.4. The van der Waals surface area contributed by atoms with E-state index in [-0.39, 0.29) is 58.6 Å². The van der Waals surface area contributed by atoms with E-state index in [1.807, 2.05) is 0 Å². The molecule has 0 aromatic rings. The molecule has 2 aliphatic carbocycles. The topological polar surface area (TPSA) is 71.1 Å². The van der Waals surface area contributed by atoms with Gasteiger partial charge in [0.25, 0.3) is 0 Å². The second-order valence-electron chi connectivity index (χ2n) is 16.7. The summed E-state index contributed by atoms with van der Waals surface area (Å²) in [4.78, 5) is 27.0. The molecule has 3 rings (SSSR count). The molecule has 0 N–H and O–H groups in total. The molecule has 1 aliphatic heterocycles. The highest BCUT2D eigenvalue weighted by atomic mass is 28.3. The van der Waals surface area contributed by atoms with Crippen LogP contribution in [0.5, 0.6) is 0 Å². The van der Waals surface area contributed by atoms with Gasteiger partial charge in [0.2, 0.25) is 0 Å². The summed E-state index contributed by atoms with van der Waals surface area (Å²) in [5.41, 5.74) is 0.674. The molecular formula is C36H64O6Si2. The van der Waals surface area contributed by atoms with Crippen LogP contribution in [0.15, 0.2) is 23.8 Å². The summed E-state index contributed by atoms with van der Waals surface area (Å²) in [6, 6.07) is 0. The summed E-state index contributed by atoms with van der Waals surface area (Å²) in [6.07, 6.45) is 10.6. The normalized spacial score (nSPS) is 31.0. The van der Waals surface area contributed by atoms with Crippen molar-refractivity contribution in [3.8, 4) is 0 Å². The number of esters is 2.